The maximum atomic E-state index is 12.8. The van der Waals surface area contributed by atoms with Gasteiger partial charge in [0.2, 0.25) is 11.8 Å². The van der Waals surface area contributed by atoms with Crippen LogP contribution in [-0.4, -0.2) is 82.1 Å². The zero-order valence-electron chi connectivity index (χ0n) is 15.1. The molecule has 2 amide bonds. The van der Waals surface area contributed by atoms with Crippen LogP contribution in [0.2, 0.25) is 0 Å². The first kappa shape index (κ1) is 16.6. The topological polar surface area (TPSA) is 61.7 Å². The quantitative estimate of drug-likeness (QED) is 0.801. The molecule has 0 aromatic carbocycles. The third kappa shape index (κ3) is 3.17. The van der Waals surface area contributed by atoms with Gasteiger partial charge in [-0.2, -0.15) is 5.10 Å². The molecule has 0 saturated carbocycles. The summed E-state index contributed by atoms with van der Waals surface area (Å²) < 4.78 is 2.03. The van der Waals surface area contributed by atoms with Crippen LogP contribution in [0, 0.1) is 12.8 Å². The molecule has 0 aliphatic carbocycles. The Labute approximate surface area is 148 Å². The van der Waals surface area contributed by atoms with Crippen LogP contribution in [0.15, 0.2) is 12.3 Å². The Kier molecular flexibility index (Phi) is 4.27. The van der Waals surface area contributed by atoms with E-state index in [4.69, 9.17) is 0 Å². The van der Waals surface area contributed by atoms with Crippen molar-refractivity contribution in [2.75, 3.05) is 39.8 Å². The fourth-order valence-corrected chi connectivity index (χ4v) is 4.36. The maximum absolute atomic E-state index is 12.8. The lowest BCUT2D eigenvalue weighted by Crippen LogP contribution is -2.58. The Morgan fingerprint density at radius 1 is 1.16 bits per heavy atom. The molecule has 3 saturated heterocycles. The summed E-state index contributed by atoms with van der Waals surface area (Å²) in [6.45, 7) is 5.99. The van der Waals surface area contributed by atoms with Crippen LogP contribution in [0.5, 0.6) is 0 Å². The van der Waals surface area contributed by atoms with Crippen molar-refractivity contribution in [1.29, 1.82) is 0 Å². The molecule has 0 spiro atoms. The van der Waals surface area contributed by atoms with Crippen molar-refractivity contribution in [3.63, 3.8) is 0 Å². The fourth-order valence-electron chi connectivity index (χ4n) is 4.36. The van der Waals surface area contributed by atoms with E-state index in [0.717, 1.165) is 44.7 Å². The lowest BCUT2D eigenvalue weighted by atomic mass is 10.0. The second-order valence-electron chi connectivity index (χ2n) is 7.82. The maximum Gasteiger partial charge on any atom is 0.227 e. The molecule has 136 valence electrons. The number of aromatic nitrogens is 2. The van der Waals surface area contributed by atoms with Crippen LogP contribution in [0.25, 0.3) is 0 Å². The molecular formula is C18H27N5O2. The molecule has 0 bridgehead atoms. The largest absolute Gasteiger partial charge is 0.342 e. The van der Waals surface area contributed by atoms with Crippen molar-refractivity contribution in [3.05, 3.63) is 18.0 Å². The molecule has 4 rings (SSSR count). The average molecular weight is 345 g/mol. The van der Waals surface area contributed by atoms with Crippen molar-refractivity contribution in [3.8, 4) is 0 Å². The van der Waals surface area contributed by atoms with Crippen molar-refractivity contribution in [2.24, 2.45) is 5.92 Å². The van der Waals surface area contributed by atoms with E-state index in [9.17, 15) is 9.59 Å². The number of likely N-dealkylation sites (N-methyl/N-ethyl adjacent to an activating group) is 1. The van der Waals surface area contributed by atoms with Crippen molar-refractivity contribution >= 4 is 11.8 Å². The minimum Gasteiger partial charge on any atom is -0.342 e. The molecule has 25 heavy (non-hydrogen) atoms. The Hall–Kier alpha value is -1.89. The Morgan fingerprint density at radius 3 is 2.48 bits per heavy atom. The van der Waals surface area contributed by atoms with Gasteiger partial charge in [0.05, 0.1) is 23.7 Å². The lowest BCUT2D eigenvalue weighted by Gasteiger charge is -2.42. The monoisotopic (exact) mass is 345 g/mol. The number of hydrogen-bond acceptors (Lipinski definition) is 4. The van der Waals surface area contributed by atoms with Gasteiger partial charge in [-0.15, -0.1) is 0 Å². The van der Waals surface area contributed by atoms with Crippen LogP contribution in [0.4, 0.5) is 0 Å². The molecule has 1 aromatic heterocycles. The highest BCUT2D eigenvalue weighted by molar-refractivity contribution is 5.89. The molecule has 3 fully saturated rings. The van der Waals surface area contributed by atoms with Crippen LogP contribution >= 0.6 is 0 Å². The predicted molar refractivity (Wildman–Crippen MR) is 92.9 cm³/mol. The number of carbonyl (C=O) groups is 2. The van der Waals surface area contributed by atoms with E-state index < -0.39 is 0 Å². The van der Waals surface area contributed by atoms with Crippen LogP contribution in [0.1, 0.15) is 31.0 Å². The van der Waals surface area contributed by atoms with Gasteiger partial charge in [-0.05, 0) is 32.9 Å². The molecule has 7 heteroatoms. The van der Waals surface area contributed by atoms with Crippen molar-refractivity contribution in [2.45, 2.75) is 38.3 Å². The van der Waals surface area contributed by atoms with Gasteiger partial charge in [0.15, 0.2) is 0 Å². The molecule has 4 heterocycles. The molecule has 0 N–H and O–H groups in total. The summed E-state index contributed by atoms with van der Waals surface area (Å²) in [5.41, 5.74) is 1.03. The standard InChI is InChI=1S/C18H27N5O2/c1-13-3-8-23(19-13)15-4-6-21(7-5-15)18(25)14-9-17(24)22(10-14)16-11-20(2)12-16/h3,8,14-16H,4-7,9-12H2,1-2H3. The van der Waals surface area contributed by atoms with Gasteiger partial charge < -0.3 is 14.7 Å². The minimum atomic E-state index is -0.151. The van der Waals surface area contributed by atoms with E-state index in [1.54, 1.807) is 0 Å². The van der Waals surface area contributed by atoms with Crippen molar-refractivity contribution < 1.29 is 9.59 Å². The van der Waals surface area contributed by atoms with Gasteiger partial charge in [0, 0.05) is 45.3 Å². The van der Waals surface area contributed by atoms with E-state index in [2.05, 4.69) is 17.0 Å². The SMILES string of the molecule is Cc1ccn(C2CCN(C(=O)C3CC(=O)N(C4CN(C)C4)C3)CC2)n1. The van der Waals surface area contributed by atoms with Crippen LogP contribution < -0.4 is 0 Å². The minimum absolute atomic E-state index is 0.151. The number of piperidine rings is 1. The highest BCUT2D eigenvalue weighted by Gasteiger charge is 2.42. The Bertz CT molecular complexity index is 658. The van der Waals surface area contributed by atoms with Gasteiger partial charge in [0.25, 0.3) is 0 Å². The lowest BCUT2D eigenvalue weighted by molar-refractivity contribution is -0.137. The van der Waals surface area contributed by atoms with E-state index in [0.29, 0.717) is 25.0 Å². The molecule has 3 aliphatic rings. The average Bonchev–Trinajstić information content (AvgIpc) is 3.17. The number of aryl methyl sites for hydroxylation is 1. The predicted octanol–water partition coefficient (Wildman–Crippen LogP) is 0.518. The van der Waals surface area contributed by atoms with E-state index >= 15 is 0 Å². The molecular weight excluding hydrogens is 318 g/mol. The van der Waals surface area contributed by atoms with Gasteiger partial charge >= 0.3 is 0 Å². The first-order valence-corrected chi connectivity index (χ1v) is 9.30. The summed E-state index contributed by atoms with van der Waals surface area (Å²) in [5, 5.41) is 4.50. The number of hydrogen-bond donors (Lipinski definition) is 0. The number of likely N-dealkylation sites (tertiary alicyclic amines) is 3. The highest BCUT2D eigenvalue weighted by Crippen LogP contribution is 2.28. The zero-order valence-corrected chi connectivity index (χ0v) is 15.1. The third-order valence-corrected chi connectivity index (χ3v) is 5.89. The number of carbonyl (C=O) groups excluding carboxylic acids is 2. The van der Waals surface area contributed by atoms with Gasteiger partial charge in [-0.3, -0.25) is 14.3 Å². The molecule has 7 nitrogen and oxygen atoms in total. The number of amides is 2. The van der Waals surface area contributed by atoms with Crippen molar-refractivity contribution in [1.82, 2.24) is 24.5 Å². The second-order valence-corrected chi connectivity index (χ2v) is 7.82. The third-order valence-electron chi connectivity index (χ3n) is 5.89. The highest BCUT2D eigenvalue weighted by atomic mass is 16.2. The normalized spacial score (nSPS) is 26.3. The van der Waals surface area contributed by atoms with E-state index in [1.165, 1.54) is 0 Å². The molecule has 1 atom stereocenters. The zero-order chi connectivity index (χ0) is 17.6. The number of rotatable bonds is 3. The van der Waals surface area contributed by atoms with Crippen LogP contribution in [-0.2, 0) is 9.59 Å². The molecule has 1 aromatic rings. The molecule has 0 radical (unpaired) electrons. The summed E-state index contributed by atoms with van der Waals surface area (Å²) in [6, 6.07) is 2.71. The number of nitrogens with zero attached hydrogens (tertiary/aromatic N) is 5. The van der Waals surface area contributed by atoms with Gasteiger partial charge in [-0.25, -0.2) is 0 Å². The smallest absolute Gasteiger partial charge is 0.227 e. The van der Waals surface area contributed by atoms with E-state index in [1.807, 2.05) is 33.7 Å². The first-order chi connectivity index (χ1) is 12.0. The van der Waals surface area contributed by atoms with Crippen LogP contribution in [0.3, 0.4) is 0 Å². The summed E-state index contributed by atoms with van der Waals surface area (Å²) >= 11 is 0. The summed E-state index contributed by atoms with van der Waals surface area (Å²) in [4.78, 5) is 31.2. The fraction of sp³-hybridized carbons (Fsp3) is 0.722. The molecule has 3 aliphatic heterocycles. The van der Waals surface area contributed by atoms with E-state index in [-0.39, 0.29) is 17.7 Å². The van der Waals surface area contributed by atoms with Gasteiger partial charge in [0.1, 0.15) is 0 Å². The summed E-state index contributed by atoms with van der Waals surface area (Å²) in [5.74, 6) is 0.166. The Morgan fingerprint density at radius 2 is 1.88 bits per heavy atom. The Balaban J connectivity index is 1.31. The molecule has 1 unspecified atom stereocenters. The summed E-state index contributed by atoms with van der Waals surface area (Å²) in [7, 11) is 2.06. The second kappa shape index (κ2) is 6.44. The summed E-state index contributed by atoms with van der Waals surface area (Å²) in [6.07, 6.45) is 4.29. The van der Waals surface area contributed by atoms with Gasteiger partial charge in [-0.1, -0.05) is 0 Å². The first-order valence-electron chi connectivity index (χ1n) is 9.30.